The van der Waals surface area contributed by atoms with Gasteiger partial charge in [-0.15, -0.1) is 0 Å². The number of amides is 1. The van der Waals surface area contributed by atoms with Gasteiger partial charge in [0.1, 0.15) is 0 Å². The lowest BCUT2D eigenvalue weighted by Gasteiger charge is -2.21. The molecule has 0 aliphatic heterocycles. The monoisotopic (exact) mass is 254 g/mol. The largest absolute Gasteiger partial charge is 0.356 e. The van der Waals surface area contributed by atoms with Gasteiger partial charge in [-0.1, -0.05) is 45.4 Å². The van der Waals surface area contributed by atoms with Crippen molar-refractivity contribution in [3.63, 3.8) is 0 Å². The normalized spacial score (nSPS) is 19.9. The van der Waals surface area contributed by atoms with Gasteiger partial charge in [0.25, 0.3) is 0 Å². The van der Waals surface area contributed by atoms with Crippen molar-refractivity contribution in [2.45, 2.75) is 64.7 Å². The molecule has 1 saturated carbocycles. The minimum Gasteiger partial charge on any atom is -0.356 e. The van der Waals surface area contributed by atoms with Crippen LogP contribution in [0, 0.1) is 11.8 Å². The van der Waals surface area contributed by atoms with Crippen LogP contribution in [0.1, 0.15) is 64.7 Å². The summed E-state index contributed by atoms with van der Waals surface area (Å²) in [4.78, 5) is 12.1. The smallest absolute Gasteiger partial charge is 0.223 e. The third-order valence-electron chi connectivity index (χ3n) is 4.19. The summed E-state index contributed by atoms with van der Waals surface area (Å²) >= 11 is 0. The van der Waals surface area contributed by atoms with Crippen molar-refractivity contribution in [2.24, 2.45) is 17.6 Å². The molecule has 0 aromatic heterocycles. The van der Waals surface area contributed by atoms with E-state index >= 15 is 0 Å². The van der Waals surface area contributed by atoms with E-state index in [4.69, 9.17) is 5.73 Å². The predicted molar refractivity (Wildman–Crippen MR) is 76.3 cm³/mol. The fourth-order valence-electron chi connectivity index (χ4n) is 2.79. The zero-order chi connectivity index (χ0) is 13.2. The summed E-state index contributed by atoms with van der Waals surface area (Å²) in [7, 11) is 0. The van der Waals surface area contributed by atoms with Crippen molar-refractivity contribution in [3.05, 3.63) is 0 Å². The zero-order valence-electron chi connectivity index (χ0n) is 11.9. The quantitative estimate of drug-likeness (QED) is 0.766. The van der Waals surface area contributed by atoms with E-state index in [-0.39, 0.29) is 11.8 Å². The standard InChI is InChI=1S/C15H30N2O/c1-2-13(10-11-16)12-17-15(18)14-8-6-4-3-5-7-9-14/h13-14H,2-12,16H2,1H3,(H,17,18). The third kappa shape index (κ3) is 5.85. The Kier molecular flexibility index (Phi) is 8.06. The molecule has 1 atom stereocenters. The highest BCUT2D eigenvalue weighted by Gasteiger charge is 2.19. The van der Waals surface area contributed by atoms with Gasteiger partial charge in [-0.05, 0) is 31.7 Å². The van der Waals surface area contributed by atoms with E-state index in [1.54, 1.807) is 0 Å². The first kappa shape index (κ1) is 15.5. The van der Waals surface area contributed by atoms with Crippen LogP contribution in [0.2, 0.25) is 0 Å². The number of hydrogen-bond donors (Lipinski definition) is 2. The molecule has 3 heteroatoms. The number of carbonyl (C=O) groups is 1. The van der Waals surface area contributed by atoms with E-state index in [2.05, 4.69) is 12.2 Å². The molecule has 1 fully saturated rings. The van der Waals surface area contributed by atoms with Crippen molar-refractivity contribution in [1.29, 1.82) is 0 Å². The lowest BCUT2D eigenvalue weighted by molar-refractivity contribution is -0.125. The first-order valence-corrected chi connectivity index (χ1v) is 7.75. The highest BCUT2D eigenvalue weighted by molar-refractivity contribution is 5.78. The Bertz CT molecular complexity index is 223. The highest BCUT2D eigenvalue weighted by atomic mass is 16.1. The van der Waals surface area contributed by atoms with Gasteiger partial charge in [0.05, 0.1) is 0 Å². The van der Waals surface area contributed by atoms with Gasteiger partial charge in [0.15, 0.2) is 0 Å². The van der Waals surface area contributed by atoms with Crippen molar-refractivity contribution in [1.82, 2.24) is 5.32 Å². The first-order chi connectivity index (χ1) is 8.77. The second-order valence-corrected chi connectivity index (χ2v) is 5.64. The molecule has 0 saturated heterocycles. The van der Waals surface area contributed by atoms with Crippen LogP contribution in [0.4, 0.5) is 0 Å². The summed E-state index contributed by atoms with van der Waals surface area (Å²) in [5, 5.41) is 3.14. The second-order valence-electron chi connectivity index (χ2n) is 5.64. The van der Waals surface area contributed by atoms with Crippen molar-refractivity contribution >= 4 is 5.91 Å². The Morgan fingerprint density at radius 2 is 1.83 bits per heavy atom. The van der Waals surface area contributed by atoms with E-state index in [1.165, 1.54) is 32.1 Å². The van der Waals surface area contributed by atoms with E-state index in [0.717, 1.165) is 38.8 Å². The Labute approximate surface area is 112 Å². The van der Waals surface area contributed by atoms with Crippen molar-refractivity contribution in [2.75, 3.05) is 13.1 Å². The maximum atomic E-state index is 12.1. The average Bonchev–Trinajstić information content (AvgIpc) is 2.33. The minimum atomic E-state index is 0.265. The molecule has 3 N–H and O–H groups in total. The molecule has 0 heterocycles. The highest BCUT2D eigenvalue weighted by Crippen LogP contribution is 2.22. The maximum absolute atomic E-state index is 12.1. The summed E-state index contributed by atoms with van der Waals surface area (Å²) in [6.07, 6.45) is 10.7. The van der Waals surface area contributed by atoms with Crippen LogP contribution < -0.4 is 11.1 Å². The summed E-state index contributed by atoms with van der Waals surface area (Å²) < 4.78 is 0. The van der Waals surface area contributed by atoms with Crippen LogP contribution in [0.5, 0.6) is 0 Å². The van der Waals surface area contributed by atoms with Gasteiger partial charge in [-0.3, -0.25) is 4.79 Å². The lowest BCUT2D eigenvalue weighted by atomic mass is 9.90. The van der Waals surface area contributed by atoms with Crippen molar-refractivity contribution < 1.29 is 4.79 Å². The number of rotatable bonds is 6. The number of nitrogens with two attached hydrogens (primary N) is 1. The predicted octanol–water partition coefficient (Wildman–Crippen LogP) is 2.84. The Morgan fingerprint density at radius 1 is 1.22 bits per heavy atom. The zero-order valence-corrected chi connectivity index (χ0v) is 11.9. The molecule has 1 rings (SSSR count). The van der Waals surface area contributed by atoms with Gasteiger partial charge < -0.3 is 11.1 Å². The molecule has 0 bridgehead atoms. The minimum absolute atomic E-state index is 0.265. The fraction of sp³-hybridized carbons (Fsp3) is 0.933. The molecule has 106 valence electrons. The van der Waals surface area contributed by atoms with E-state index < -0.39 is 0 Å². The van der Waals surface area contributed by atoms with Gasteiger partial charge >= 0.3 is 0 Å². The van der Waals surface area contributed by atoms with Gasteiger partial charge in [0, 0.05) is 12.5 Å². The van der Waals surface area contributed by atoms with Gasteiger partial charge in [-0.2, -0.15) is 0 Å². The molecule has 0 radical (unpaired) electrons. The molecule has 1 aliphatic rings. The van der Waals surface area contributed by atoms with Crippen LogP contribution in [0.15, 0.2) is 0 Å². The summed E-state index contributed by atoms with van der Waals surface area (Å²) in [6, 6.07) is 0. The third-order valence-corrected chi connectivity index (χ3v) is 4.19. The summed E-state index contributed by atoms with van der Waals surface area (Å²) in [5.74, 6) is 1.10. The Morgan fingerprint density at radius 3 is 2.39 bits per heavy atom. The molecule has 0 aromatic carbocycles. The van der Waals surface area contributed by atoms with Gasteiger partial charge in [-0.25, -0.2) is 0 Å². The van der Waals surface area contributed by atoms with Crippen molar-refractivity contribution in [3.8, 4) is 0 Å². The fourth-order valence-corrected chi connectivity index (χ4v) is 2.79. The van der Waals surface area contributed by atoms with E-state index in [0.29, 0.717) is 5.92 Å². The molecule has 1 aliphatic carbocycles. The van der Waals surface area contributed by atoms with Crippen LogP contribution in [-0.2, 0) is 4.79 Å². The summed E-state index contributed by atoms with van der Waals surface area (Å²) in [6.45, 7) is 3.70. The molecule has 18 heavy (non-hydrogen) atoms. The maximum Gasteiger partial charge on any atom is 0.223 e. The molecule has 0 spiro atoms. The molecule has 3 nitrogen and oxygen atoms in total. The molecular weight excluding hydrogens is 224 g/mol. The first-order valence-electron chi connectivity index (χ1n) is 7.75. The van der Waals surface area contributed by atoms with E-state index in [9.17, 15) is 4.79 Å². The van der Waals surface area contributed by atoms with E-state index in [1.807, 2.05) is 0 Å². The Balaban J connectivity index is 2.28. The summed E-state index contributed by atoms with van der Waals surface area (Å²) in [5.41, 5.74) is 5.58. The molecule has 1 amide bonds. The topological polar surface area (TPSA) is 55.1 Å². The van der Waals surface area contributed by atoms with Crippen LogP contribution in [0.25, 0.3) is 0 Å². The molecular formula is C15H30N2O. The number of carbonyl (C=O) groups excluding carboxylic acids is 1. The molecule has 0 aromatic rings. The Hall–Kier alpha value is -0.570. The van der Waals surface area contributed by atoms with Crippen LogP contribution >= 0.6 is 0 Å². The van der Waals surface area contributed by atoms with Gasteiger partial charge in [0.2, 0.25) is 5.91 Å². The second kappa shape index (κ2) is 9.37. The van der Waals surface area contributed by atoms with Crippen LogP contribution in [-0.4, -0.2) is 19.0 Å². The number of nitrogens with one attached hydrogen (secondary N) is 1. The number of hydrogen-bond acceptors (Lipinski definition) is 2. The average molecular weight is 254 g/mol. The lowest BCUT2D eigenvalue weighted by Crippen LogP contribution is -2.35. The van der Waals surface area contributed by atoms with Crippen LogP contribution in [0.3, 0.4) is 0 Å². The molecule has 1 unspecified atom stereocenters. The SMILES string of the molecule is CCC(CCN)CNC(=O)C1CCCCCCC1.